The Kier molecular flexibility index (Phi) is 4.57. The molecule has 0 aliphatic rings. The molecule has 82 valence electrons. The van der Waals surface area contributed by atoms with E-state index in [-0.39, 0.29) is 6.04 Å². The van der Waals surface area contributed by atoms with Crippen LogP contribution in [-0.2, 0) is 6.42 Å². The minimum atomic E-state index is 0.190. The van der Waals surface area contributed by atoms with Crippen LogP contribution in [0.15, 0.2) is 35.9 Å². The minimum Gasteiger partial charge on any atom is -0.324 e. The first-order valence-electron chi connectivity index (χ1n) is 5.54. The van der Waals surface area contributed by atoms with Crippen LogP contribution < -0.4 is 5.73 Å². The van der Waals surface area contributed by atoms with E-state index >= 15 is 0 Å². The zero-order valence-corrected chi connectivity index (χ0v) is 9.96. The summed E-state index contributed by atoms with van der Waals surface area (Å²) in [4.78, 5) is 0. The predicted molar refractivity (Wildman–Crippen MR) is 66.9 cm³/mol. The zero-order valence-electron chi connectivity index (χ0n) is 9.96. The van der Waals surface area contributed by atoms with Gasteiger partial charge in [0, 0.05) is 6.04 Å². The fourth-order valence-corrected chi connectivity index (χ4v) is 1.71. The van der Waals surface area contributed by atoms with Crippen LogP contribution in [0.25, 0.3) is 0 Å². The van der Waals surface area contributed by atoms with Gasteiger partial charge in [0.1, 0.15) is 0 Å². The van der Waals surface area contributed by atoms with Crippen LogP contribution in [0.5, 0.6) is 0 Å². The minimum absolute atomic E-state index is 0.190. The maximum atomic E-state index is 5.98. The highest BCUT2D eigenvalue weighted by molar-refractivity contribution is 5.22. The quantitative estimate of drug-likeness (QED) is 0.747. The smallest absolute Gasteiger partial charge is 0.0229 e. The molecule has 0 radical (unpaired) electrons. The van der Waals surface area contributed by atoms with Gasteiger partial charge >= 0.3 is 0 Å². The Morgan fingerprint density at radius 3 is 2.73 bits per heavy atom. The van der Waals surface area contributed by atoms with E-state index in [1.165, 1.54) is 16.7 Å². The van der Waals surface area contributed by atoms with E-state index in [0.717, 1.165) is 12.8 Å². The van der Waals surface area contributed by atoms with E-state index in [1.54, 1.807) is 0 Å². The Labute approximate surface area is 93.0 Å². The molecule has 1 unspecified atom stereocenters. The van der Waals surface area contributed by atoms with Crippen LogP contribution in [0, 0.1) is 6.92 Å². The van der Waals surface area contributed by atoms with Gasteiger partial charge in [-0.05, 0) is 39.2 Å². The molecule has 0 saturated heterocycles. The summed E-state index contributed by atoms with van der Waals surface area (Å²) < 4.78 is 0. The van der Waals surface area contributed by atoms with Gasteiger partial charge in [-0.2, -0.15) is 0 Å². The molecule has 1 aromatic carbocycles. The molecule has 0 heterocycles. The number of benzene rings is 1. The van der Waals surface area contributed by atoms with Gasteiger partial charge in [-0.15, -0.1) is 0 Å². The van der Waals surface area contributed by atoms with Gasteiger partial charge in [0.2, 0.25) is 0 Å². The van der Waals surface area contributed by atoms with E-state index in [9.17, 15) is 0 Å². The molecule has 0 aliphatic carbocycles. The molecular weight excluding hydrogens is 182 g/mol. The highest BCUT2D eigenvalue weighted by Gasteiger charge is 1.99. The first kappa shape index (κ1) is 12.0. The van der Waals surface area contributed by atoms with E-state index < -0.39 is 0 Å². The first-order valence-corrected chi connectivity index (χ1v) is 5.54. The molecule has 0 bridgehead atoms. The number of aryl methyl sites for hydroxylation is 2. The van der Waals surface area contributed by atoms with Crippen LogP contribution in [0.3, 0.4) is 0 Å². The molecule has 0 amide bonds. The van der Waals surface area contributed by atoms with Crippen molar-refractivity contribution in [3.63, 3.8) is 0 Å². The van der Waals surface area contributed by atoms with Crippen LogP contribution in [0.4, 0.5) is 0 Å². The molecule has 0 aliphatic heterocycles. The van der Waals surface area contributed by atoms with E-state index in [4.69, 9.17) is 5.73 Å². The van der Waals surface area contributed by atoms with Crippen LogP contribution >= 0.6 is 0 Å². The molecule has 0 fully saturated rings. The van der Waals surface area contributed by atoms with E-state index in [0.29, 0.717) is 0 Å². The van der Waals surface area contributed by atoms with Crippen molar-refractivity contribution >= 4 is 0 Å². The lowest BCUT2D eigenvalue weighted by atomic mass is 10.0. The standard InChI is InChI=1S/C14H21N/c1-11(2)9-14(15)8-7-13-6-4-5-12(3)10-13/h4-6,9-10,14H,7-8,15H2,1-3H3. The maximum Gasteiger partial charge on any atom is 0.0229 e. The van der Waals surface area contributed by atoms with Crippen LogP contribution in [0.2, 0.25) is 0 Å². The lowest BCUT2D eigenvalue weighted by molar-refractivity contribution is 0.716. The van der Waals surface area contributed by atoms with Crippen molar-refractivity contribution in [1.29, 1.82) is 0 Å². The Hall–Kier alpha value is -1.08. The van der Waals surface area contributed by atoms with E-state index in [2.05, 4.69) is 51.1 Å². The highest BCUT2D eigenvalue weighted by atomic mass is 14.6. The monoisotopic (exact) mass is 203 g/mol. The van der Waals surface area contributed by atoms with Gasteiger partial charge < -0.3 is 5.73 Å². The largest absolute Gasteiger partial charge is 0.324 e. The van der Waals surface area contributed by atoms with E-state index in [1.807, 2.05) is 0 Å². The molecule has 0 aromatic heterocycles. The molecule has 0 spiro atoms. The van der Waals surface area contributed by atoms with Gasteiger partial charge in [0.05, 0.1) is 0 Å². The summed E-state index contributed by atoms with van der Waals surface area (Å²) in [6.07, 6.45) is 4.22. The second kappa shape index (κ2) is 5.72. The number of hydrogen-bond donors (Lipinski definition) is 1. The Balaban J connectivity index is 2.47. The third-order valence-electron chi connectivity index (χ3n) is 2.40. The Morgan fingerprint density at radius 1 is 1.40 bits per heavy atom. The summed E-state index contributed by atoms with van der Waals surface area (Å²) in [5, 5.41) is 0. The summed E-state index contributed by atoms with van der Waals surface area (Å²) in [6, 6.07) is 8.82. The third-order valence-corrected chi connectivity index (χ3v) is 2.40. The Morgan fingerprint density at radius 2 is 2.13 bits per heavy atom. The fourth-order valence-electron chi connectivity index (χ4n) is 1.71. The first-order chi connectivity index (χ1) is 7.08. The summed E-state index contributed by atoms with van der Waals surface area (Å²) in [7, 11) is 0. The van der Waals surface area contributed by atoms with Crippen molar-refractivity contribution in [2.45, 2.75) is 39.7 Å². The lowest BCUT2D eigenvalue weighted by Crippen LogP contribution is -2.18. The average Bonchev–Trinajstić information content (AvgIpc) is 2.14. The second-order valence-corrected chi connectivity index (χ2v) is 4.44. The van der Waals surface area contributed by atoms with Crippen molar-refractivity contribution in [3.05, 3.63) is 47.0 Å². The van der Waals surface area contributed by atoms with Crippen LogP contribution in [-0.4, -0.2) is 6.04 Å². The zero-order chi connectivity index (χ0) is 11.3. The molecule has 1 nitrogen and oxygen atoms in total. The molecule has 0 saturated carbocycles. The second-order valence-electron chi connectivity index (χ2n) is 4.44. The van der Waals surface area contributed by atoms with Crippen molar-refractivity contribution in [2.75, 3.05) is 0 Å². The van der Waals surface area contributed by atoms with Crippen molar-refractivity contribution in [3.8, 4) is 0 Å². The Bertz CT molecular complexity index is 335. The van der Waals surface area contributed by atoms with Crippen molar-refractivity contribution < 1.29 is 0 Å². The number of nitrogens with two attached hydrogens (primary N) is 1. The molecule has 1 heteroatoms. The third kappa shape index (κ3) is 4.80. The lowest BCUT2D eigenvalue weighted by Gasteiger charge is -2.08. The average molecular weight is 203 g/mol. The predicted octanol–water partition coefficient (Wildman–Crippen LogP) is 3.22. The molecule has 1 atom stereocenters. The van der Waals surface area contributed by atoms with Crippen LogP contribution in [0.1, 0.15) is 31.4 Å². The summed E-state index contributed by atoms with van der Waals surface area (Å²) in [5.41, 5.74) is 9.99. The molecule has 1 aromatic rings. The fraction of sp³-hybridized carbons (Fsp3) is 0.429. The molecule has 1 rings (SSSR count). The summed E-state index contributed by atoms with van der Waals surface area (Å²) in [6.45, 7) is 6.30. The van der Waals surface area contributed by atoms with Gasteiger partial charge in [0.25, 0.3) is 0 Å². The molecular formula is C14H21N. The molecule has 2 N–H and O–H groups in total. The number of rotatable bonds is 4. The number of allylic oxidation sites excluding steroid dienone is 1. The van der Waals surface area contributed by atoms with Crippen molar-refractivity contribution in [2.24, 2.45) is 5.73 Å². The SMILES string of the molecule is CC(C)=CC(N)CCc1cccc(C)c1. The van der Waals surface area contributed by atoms with Crippen molar-refractivity contribution in [1.82, 2.24) is 0 Å². The normalized spacial score (nSPS) is 12.3. The van der Waals surface area contributed by atoms with Gasteiger partial charge in [-0.1, -0.05) is 41.5 Å². The van der Waals surface area contributed by atoms with Gasteiger partial charge in [-0.25, -0.2) is 0 Å². The van der Waals surface area contributed by atoms with Gasteiger partial charge in [0.15, 0.2) is 0 Å². The summed E-state index contributed by atoms with van der Waals surface area (Å²) in [5.74, 6) is 0. The van der Waals surface area contributed by atoms with Gasteiger partial charge in [-0.3, -0.25) is 0 Å². The molecule has 15 heavy (non-hydrogen) atoms. The number of hydrogen-bond acceptors (Lipinski definition) is 1. The summed E-state index contributed by atoms with van der Waals surface area (Å²) >= 11 is 0. The topological polar surface area (TPSA) is 26.0 Å². The maximum absolute atomic E-state index is 5.98. The highest BCUT2D eigenvalue weighted by Crippen LogP contribution is 2.08.